The maximum Gasteiger partial charge on any atom is 0.134 e. The molecule has 2 aliphatic rings. The summed E-state index contributed by atoms with van der Waals surface area (Å²) in [5, 5.41) is 11.4. The zero-order valence-corrected chi connectivity index (χ0v) is 29.5. The summed E-state index contributed by atoms with van der Waals surface area (Å²) in [5.41, 5.74) is 14.2. The summed E-state index contributed by atoms with van der Waals surface area (Å²) in [7, 11) is 0. The van der Waals surface area contributed by atoms with E-state index in [9.17, 15) is 0 Å². The van der Waals surface area contributed by atoms with E-state index in [0.29, 0.717) is 5.92 Å². The molecule has 2 unspecified atom stereocenters. The first-order valence-corrected chi connectivity index (χ1v) is 18.5. The van der Waals surface area contributed by atoms with E-state index in [-0.39, 0.29) is 6.04 Å². The van der Waals surface area contributed by atoms with Gasteiger partial charge in [-0.2, -0.15) is 0 Å². The van der Waals surface area contributed by atoms with Crippen LogP contribution in [0.2, 0.25) is 0 Å². The van der Waals surface area contributed by atoms with Crippen LogP contribution in [0.3, 0.4) is 0 Å². The van der Waals surface area contributed by atoms with Gasteiger partial charge in [-0.3, -0.25) is 0 Å². The zero-order chi connectivity index (χ0) is 35.3. The lowest BCUT2D eigenvalue weighted by molar-refractivity contribution is 0.733. The van der Waals surface area contributed by atoms with Crippen LogP contribution in [-0.2, 0) is 0 Å². The standard InChI is InChI=1S/C49H38N4/c1-32-29-37(31-41-46-40-23-9-8-15-33(40)27-28-45(46)53(48(32)41)38-20-6-3-7-21-38)35-18-14-19-36(30-35)39-22-10-11-24-42(39)51-49-47(34-16-4-2-5-17-34)50-43-25-12-13-26-44(43)52-49/h2-28,30-32,47,50H,29H2,1H3,(H,51,52). The van der Waals surface area contributed by atoms with E-state index in [1.165, 1.54) is 55.3 Å². The van der Waals surface area contributed by atoms with Gasteiger partial charge in [0.05, 0.1) is 16.9 Å². The largest absolute Gasteiger partial charge is 0.370 e. The lowest BCUT2D eigenvalue weighted by atomic mass is 9.83. The molecule has 0 radical (unpaired) electrons. The number of amidine groups is 1. The van der Waals surface area contributed by atoms with Gasteiger partial charge in [-0.05, 0) is 88.0 Å². The van der Waals surface area contributed by atoms with Gasteiger partial charge in [0.2, 0.25) is 0 Å². The molecule has 254 valence electrons. The highest BCUT2D eigenvalue weighted by atomic mass is 15.1. The van der Waals surface area contributed by atoms with Crippen molar-refractivity contribution in [2.45, 2.75) is 25.3 Å². The van der Waals surface area contributed by atoms with Crippen molar-refractivity contribution in [2.24, 2.45) is 4.99 Å². The number of benzene rings is 7. The third kappa shape index (κ3) is 5.42. The molecule has 2 N–H and O–H groups in total. The number of para-hydroxylation sites is 4. The monoisotopic (exact) mass is 682 g/mol. The van der Waals surface area contributed by atoms with Crippen LogP contribution < -0.4 is 10.6 Å². The van der Waals surface area contributed by atoms with Crippen molar-refractivity contribution >= 4 is 56.2 Å². The second-order valence-electron chi connectivity index (χ2n) is 14.2. The van der Waals surface area contributed by atoms with E-state index in [0.717, 1.165) is 40.4 Å². The highest BCUT2D eigenvalue weighted by Crippen LogP contribution is 2.46. The predicted molar refractivity (Wildman–Crippen MR) is 224 cm³/mol. The molecule has 2 atom stereocenters. The predicted octanol–water partition coefficient (Wildman–Crippen LogP) is 12.8. The number of aliphatic imine (C=N–C) groups is 1. The van der Waals surface area contributed by atoms with E-state index in [1.54, 1.807) is 0 Å². The van der Waals surface area contributed by atoms with Gasteiger partial charge in [0.1, 0.15) is 11.9 Å². The third-order valence-electron chi connectivity index (χ3n) is 10.8. The quantitative estimate of drug-likeness (QED) is 0.190. The summed E-state index contributed by atoms with van der Waals surface area (Å²) in [6, 6.07) is 60.5. The summed E-state index contributed by atoms with van der Waals surface area (Å²) < 4.78 is 2.50. The number of aromatic nitrogens is 1. The minimum absolute atomic E-state index is 0.109. The molecule has 0 saturated carbocycles. The van der Waals surface area contributed by atoms with Crippen LogP contribution in [0, 0.1) is 0 Å². The van der Waals surface area contributed by atoms with Gasteiger partial charge in [-0.1, -0.05) is 134 Å². The van der Waals surface area contributed by atoms with E-state index in [4.69, 9.17) is 4.99 Å². The molecule has 0 saturated heterocycles. The fourth-order valence-corrected chi connectivity index (χ4v) is 8.42. The SMILES string of the molecule is CC1CC(c2cccc(-c3ccccc3NC3=Nc4ccccc4NC3c3ccccc3)c2)=Cc2c1n(-c1ccccc1)c1ccc3ccccc3c21. The first kappa shape index (κ1) is 31.1. The molecule has 0 amide bonds. The Morgan fingerprint density at radius 2 is 1.42 bits per heavy atom. The summed E-state index contributed by atoms with van der Waals surface area (Å²) in [6.45, 7) is 2.38. The molecule has 53 heavy (non-hydrogen) atoms. The molecule has 1 aromatic heterocycles. The summed E-state index contributed by atoms with van der Waals surface area (Å²) in [5.74, 6) is 1.19. The minimum atomic E-state index is -0.109. The first-order chi connectivity index (χ1) is 26.2. The summed E-state index contributed by atoms with van der Waals surface area (Å²) in [6.07, 6.45) is 3.43. The second-order valence-corrected chi connectivity index (χ2v) is 14.2. The molecule has 7 aromatic carbocycles. The molecule has 1 aliphatic heterocycles. The van der Waals surface area contributed by atoms with Crippen LogP contribution in [0.4, 0.5) is 17.1 Å². The maximum absolute atomic E-state index is 5.16. The van der Waals surface area contributed by atoms with Crippen LogP contribution in [0.15, 0.2) is 175 Å². The molecule has 0 fully saturated rings. The van der Waals surface area contributed by atoms with Gasteiger partial charge in [-0.15, -0.1) is 0 Å². The average Bonchev–Trinajstić information content (AvgIpc) is 3.57. The Morgan fingerprint density at radius 3 is 2.30 bits per heavy atom. The number of allylic oxidation sites excluding steroid dienone is 1. The first-order valence-electron chi connectivity index (χ1n) is 18.5. The van der Waals surface area contributed by atoms with Crippen molar-refractivity contribution in [3.63, 3.8) is 0 Å². The lowest BCUT2D eigenvalue weighted by Crippen LogP contribution is -2.30. The normalized spacial score (nSPS) is 16.3. The third-order valence-corrected chi connectivity index (χ3v) is 10.8. The minimum Gasteiger partial charge on any atom is -0.370 e. The Balaban J connectivity index is 1.07. The number of hydrogen-bond acceptors (Lipinski definition) is 3. The van der Waals surface area contributed by atoms with Crippen LogP contribution in [0.25, 0.3) is 50.1 Å². The molecular formula is C49H38N4. The lowest BCUT2D eigenvalue weighted by Gasteiger charge is -2.29. The van der Waals surface area contributed by atoms with Gasteiger partial charge in [0.15, 0.2) is 0 Å². The van der Waals surface area contributed by atoms with Gasteiger partial charge < -0.3 is 15.2 Å². The highest BCUT2D eigenvalue weighted by molar-refractivity contribution is 6.14. The van der Waals surface area contributed by atoms with Crippen molar-refractivity contribution < 1.29 is 0 Å². The highest BCUT2D eigenvalue weighted by Gasteiger charge is 2.28. The Hall–Kier alpha value is -6.65. The molecule has 4 nitrogen and oxygen atoms in total. The topological polar surface area (TPSA) is 41.4 Å². The van der Waals surface area contributed by atoms with Gasteiger partial charge in [-0.25, -0.2) is 4.99 Å². The van der Waals surface area contributed by atoms with Crippen LogP contribution >= 0.6 is 0 Å². The number of rotatable bonds is 5. The van der Waals surface area contributed by atoms with E-state index in [2.05, 4.69) is 192 Å². The number of fused-ring (bicyclic) bond motifs is 6. The van der Waals surface area contributed by atoms with Crippen molar-refractivity contribution in [1.82, 2.24) is 4.57 Å². The van der Waals surface area contributed by atoms with Crippen molar-refractivity contribution in [2.75, 3.05) is 10.6 Å². The molecular weight excluding hydrogens is 645 g/mol. The number of hydrogen-bond donors (Lipinski definition) is 2. The molecule has 0 bridgehead atoms. The van der Waals surface area contributed by atoms with Crippen molar-refractivity contribution in [3.8, 4) is 16.8 Å². The van der Waals surface area contributed by atoms with Crippen LogP contribution in [0.5, 0.6) is 0 Å². The molecule has 8 aromatic rings. The summed E-state index contributed by atoms with van der Waals surface area (Å²) in [4.78, 5) is 5.16. The average molecular weight is 683 g/mol. The molecule has 2 heterocycles. The van der Waals surface area contributed by atoms with E-state index < -0.39 is 0 Å². The molecule has 0 spiro atoms. The van der Waals surface area contributed by atoms with E-state index in [1.807, 2.05) is 6.07 Å². The molecule has 4 heteroatoms. The van der Waals surface area contributed by atoms with Gasteiger partial charge in [0, 0.05) is 39.5 Å². The zero-order valence-electron chi connectivity index (χ0n) is 29.5. The van der Waals surface area contributed by atoms with Crippen molar-refractivity contribution in [1.29, 1.82) is 0 Å². The Kier molecular flexibility index (Phi) is 7.54. The van der Waals surface area contributed by atoms with Crippen LogP contribution in [0.1, 0.15) is 47.7 Å². The fourth-order valence-electron chi connectivity index (χ4n) is 8.42. The van der Waals surface area contributed by atoms with Gasteiger partial charge in [0.25, 0.3) is 0 Å². The smallest absolute Gasteiger partial charge is 0.134 e. The maximum atomic E-state index is 5.16. The Morgan fingerprint density at radius 1 is 0.679 bits per heavy atom. The fraction of sp³-hybridized carbons (Fsp3) is 0.0816. The van der Waals surface area contributed by atoms with Crippen LogP contribution in [-0.4, -0.2) is 10.4 Å². The number of anilines is 2. The van der Waals surface area contributed by atoms with Gasteiger partial charge >= 0.3 is 0 Å². The van der Waals surface area contributed by atoms with E-state index >= 15 is 0 Å². The molecule has 10 rings (SSSR count). The number of nitrogens with zero attached hydrogens (tertiary/aromatic N) is 2. The van der Waals surface area contributed by atoms with Crippen molar-refractivity contribution in [3.05, 3.63) is 192 Å². The Bertz CT molecular complexity index is 2720. The number of nitrogens with one attached hydrogen (secondary N) is 2. The second kappa shape index (κ2) is 12.8. The molecule has 1 aliphatic carbocycles. The summed E-state index contributed by atoms with van der Waals surface area (Å²) >= 11 is 0. The Labute approximate surface area is 309 Å².